The minimum absolute atomic E-state index is 0.309. The zero-order chi connectivity index (χ0) is 19.2. The molecular formula is C20H20N2O5. The number of aliphatic hydroxyl groups is 1. The number of aromatic nitrogens is 2. The number of rotatable bonds is 8. The van der Waals surface area contributed by atoms with E-state index in [4.69, 9.17) is 19.0 Å². The van der Waals surface area contributed by atoms with Gasteiger partial charge in [-0.2, -0.15) is 0 Å². The Morgan fingerprint density at radius 1 is 0.926 bits per heavy atom. The number of Topliss-reactive ketones (excluding diaryl/α,β-unsaturated/α-hetero) is 1. The van der Waals surface area contributed by atoms with E-state index in [1.807, 2.05) is 18.2 Å². The Bertz CT molecular complexity index is 918. The summed E-state index contributed by atoms with van der Waals surface area (Å²) in [5.74, 6) is 2.00. The van der Waals surface area contributed by atoms with Crippen molar-refractivity contribution in [3.8, 4) is 11.5 Å². The Morgan fingerprint density at radius 3 is 2.11 bits per heavy atom. The van der Waals surface area contributed by atoms with Gasteiger partial charge < -0.3 is 19.0 Å². The van der Waals surface area contributed by atoms with Crippen molar-refractivity contribution in [1.29, 1.82) is 0 Å². The molecule has 0 saturated carbocycles. The third-order valence-corrected chi connectivity index (χ3v) is 4.09. The summed E-state index contributed by atoms with van der Waals surface area (Å²) in [4.78, 5) is 11.4. The number of methoxy groups -OCH3 is 2. The molecule has 2 aromatic carbocycles. The Labute approximate surface area is 156 Å². The van der Waals surface area contributed by atoms with E-state index in [1.165, 1.54) is 0 Å². The first-order valence-corrected chi connectivity index (χ1v) is 8.38. The van der Waals surface area contributed by atoms with Crippen LogP contribution in [0.5, 0.6) is 11.5 Å². The first kappa shape index (κ1) is 18.6. The maximum Gasteiger partial charge on any atom is 0.220 e. The summed E-state index contributed by atoms with van der Waals surface area (Å²) < 4.78 is 16.3. The van der Waals surface area contributed by atoms with Gasteiger partial charge in [-0.1, -0.05) is 30.3 Å². The lowest BCUT2D eigenvalue weighted by Gasteiger charge is -2.08. The Morgan fingerprint density at radius 2 is 1.52 bits per heavy atom. The summed E-state index contributed by atoms with van der Waals surface area (Å²) in [5.41, 5.74) is 2.38. The molecule has 0 radical (unpaired) electrons. The molecule has 0 amide bonds. The molecule has 7 heteroatoms. The highest BCUT2D eigenvalue weighted by Gasteiger charge is 2.11. The minimum atomic E-state index is -0.498. The van der Waals surface area contributed by atoms with E-state index in [1.54, 1.807) is 38.5 Å². The van der Waals surface area contributed by atoms with Crippen molar-refractivity contribution in [2.75, 3.05) is 20.8 Å². The van der Waals surface area contributed by atoms with Crippen molar-refractivity contribution in [1.82, 2.24) is 10.2 Å². The van der Waals surface area contributed by atoms with Crippen LogP contribution in [0.15, 0.2) is 46.9 Å². The summed E-state index contributed by atoms with van der Waals surface area (Å²) >= 11 is 0. The SMILES string of the molecule is COc1ccc(Cc2nnc(Cc3ccc(C(=O)CO)cc3)o2)cc1OC. The molecule has 0 bridgehead atoms. The number of carbonyl (C=O) groups is 1. The molecule has 1 N–H and O–H groups in total. The first-order valence-electron chi connectivity index (χ1n) is 8.38. The second kappa shape index (κ2) is 8.46. The number of carbonyl (C=O) groups excluding carboxylic acids is 1. The van der Waals surface area contributed by atoms with Crippen LogP contribution < -0.4 is 9.47 Å². The van der Waals surface area contributed by atoms with Gasteiger partial charge in [0.05, 0.1) is 27.1 Å². The number of hydrogen-bond acceptors (Lipinski definition) is 7. The average Bonchev–Trinajstić information content (AvgIpc) is 3.14. The Kier molecular flexibility index (Phi) is 5.83. The highest BCUT2D eigenvalue weighted by atomic mass is 16.5. The summed E-state index contributed by atoms with van der Waals surface area (Å²) in [6, 6.07) is 12.6. The quantitative estimate of drug-likeness (QED) is 0.610. The van der Waals surface area contributed by atoms with Gasteiger partial charge in [0.25, 0.3) is 0 Å². The molecule has 0 fully saturated rings. The van der Waals surface area contributed by atoms with Gasteiger partial charge in [-0.25, -0.2) is 0 Å². The molecule has 1 heterocycles. The van der Waals surface area contributed by atoms with Crippen molar-refractivity contribution in [3.05, 3.63) is 70.9 Å². The molecular weight excluding hydrogens is 348 g/mol. The van der Waals surface area contributed by atoms with Gasteiger partial charge >= 0.3 is 0 Å². The molecule has 1 aromatic heterocycles. The number of benzene rings is 2. The van der Waals surface area contributed by atoms with Gasteiger partial charge in [-0.3, -0.25) is 4.79 Å². The van der Waals surface area contributed by atoms with E-state index >= 15 is 0 Å². The maximum atomic E-state index is 11.4. The molecule has 0 spiro atoms. The number of ether oxygens (including phenoxy) is 2. The molecule has 0 aliphatic heterocycles. The minimum Gasteiger partial charge on any atom is -0.493 e. The highest BCUT2D eigenvalue weighted by molar-refractivity contribution is 5.96. The van der Waals surface area contributed by atoms with E-state index in [-0.39, 0.29) is 5.78 Å². The van der Waals surface area contributed by atoms with Crippen molar-refractivity contribution in [3.63, 3.8) is 0 Å². The summed E-state index contributed by atoms with van der Waals surface area (Å²) in [5, 5.41) is 17.0. The molecule has 3 aromatic rings. The molecule has 140 valence electrons. The molecule has 7 nitrogen and oxygen atoms in total. The lowest BCUT2D eigenvalue weighted by atomic mass is 10.1. The Hall–Kier alpha value is -3.19. The van der Waals surface area contributed by atoms with E-state index in [0.29, 0.717) is 41.7 Å². The van der Waals surface area contributed by atoms with Crippen LogP contribution in [-0.2, 0) is 12.8 Å². The van der Waals surface area contributed by atoms with E-state index < -0.39 is 6.61 Å². The largest absolute Gasteiger partial charge is 0.493 e. The second-order valence-electron chi connectivity index (χ2n) is 5.91. The summed E-state index contributed by atoms with van der Waals surface area (Å²) in [6.45, 7) is -0.498. The summed E-state index contributed by atoms with van der Waals surface area (Å²) in [7, 11) is 3.18. The van der Waals surface area contributed by atoms with Crippen molar-refractivity contribution in [2.24, 2.45) is 0 Å². The normalized spacial score (nSPS) is 10.6. The van der Waals surface area contributed by atoms with Crippen molar-refractivity contribution >= 4 is 5.78 Å². The second-order valence-corrected chi connectivity index (χ2v) is 5.91. The zero-order valence-corrected chi connectivity index (χ0v) is 15.1. The van der Waals surface area contributed by atoms with Gasteiger partial charge in [0.2, 0.25) is 11.8 Å². The van der Waals surface area contributed by atoms with Gasteiger partial charge in [-0.05, 0) is 23.3 Å². The smallest absolute Gasteiger partial charge is 0.220 e. The lowest BCUT2D eigenvalue weighted by molar-refractivity contribution is 0.0903. The maximum absolute atomic E-state index is 11.4. The molecule has 0 aliphatic rings. The van der Waals surface area contributed by atoms with Crippen LogP contribution in [0.1, 0.15) is 33.3 Å². The number of nitrogens with zero attached hydrogens (tertiary/aromatic N) is 2. The fourth-order valence-corrected chi connectivity index (χ4v) is 2.67. The molecule has 0 aliphatic carbocycles. The predicted octanol–water partition coefficient (Wildman–Crippen LogP) is 2.44. The fraction of sp³-hybridized carbons (Fsp3) is 0.250. The number of hydrogen-bond donors (Lipinski definition) is 1. The van der Waals surface area contributed by atoms with E-state index in [2.05, 4.69) is 10.2 Å². The Balaban J connectivity index is 1.67. The zero-order valence-electron chi connectivity index (χ0n) is 15.1. The molecule has 0 unspecified atom stereocenters. The van der Waals surface area contributed by atoms with Gasteiger partial charge in [0, 0.05) is 5.56 Å². The van der Waals surface area contributed by atoms with Crippen LogP contribution in [0.2, 0.25) is 0 Å². The van der Waals surface area contributed by atoms with E-state index in [9.17, 15) is 4.79 Å². The highest BCUT2D eigenvalue weighted by Crippen LogP contribution is 2.28. The molecule has 3 rings (SSSR count). The van der Waals surface area contributed by atoms with Crippen LogP contribution in [0.3, 0.4) is 0 Å². The fourth-order valence-electron chi connectivity index (χ4n) is 2.67. The lowest BCUT2D eigenvalue weighted by Crippen LogP contribution is -2.04. The van der Waals surface area contributed by atoms with Crippen LogP contribution in [-0.4, -0.2) is 41.9 Å². The van der Waals surface area contributed by atoms with Crippen molar-refractivity contribution in [2.45, 2.75) is 12.8 Å². The van der Waals surface area contributed by atoms with Gasteiger partial charge in [0.15, 0.2) is 17.3 Å². The standard InChI is InChI=1S/C20H20N2O5/c1-25-17-8-5-14(9-18(17)26-2)11-20-22-21-19(27-20)10-13-3-6-15(7-4-13)16(24)12-23/h3-9,23H,10-12H2,1-2H3. The van der Waals surface area contributed by atoms with Crippen LogP contribution in [0.25, 0.3) is 0 Å². The third-order valence-electron chi connectivity index (χ3n) is 4.09. The number of ketones is 1. The molecule has 0 saturated heterocycles. The third kappa shape index (κ3) is 4.51. The summed E-state index contributed by atoms with van der Waals surface area (Å²) in [6.07, 6.45) is 0.948. The number of aliphatic hydroxyl groups excluding tert-OH is 1. The monoisotopic (exact) mass is 368 g/mol. The molecule has 27 heavy (non-hydrogen) atoms. The van der Waals surface area contributed by atoms with E-state index in [0.717, 1.165) is 11.1 Å². The van der Waals surface area contributed by atoms with Crippen LogP contribution >= 0.6 is 0 Å². The van der Waals surface area contributed by atoms with Crippen molar-refractivity contribution < 1.29 is 23.8 Å². The first-order chi connectivity index (χ1) is 13.1. The van der Waals surface area contributed by atoms with Crippen LogP contribution in [0.4, 0.5) is 0 Å². The predicted molar refractivity (Wildman–Crippen MR) is 97.3 cm³/mol. The van der Waals surface area contributed by atoms with Gasteiger partial charge in [-0.15, -0.1) is 10.2 Å². The topological polar surface area (TPSA) is 94.7 Å². The van der Waals surface area contributed by atoms with Crippen LogP contribution in [0, 0.1) is 0 Å². The average molecular weight is 368 g/mol. The van der Waals surface area contributed by atoms with Gasteiger partial charge in [0.1, 0.15) is 6.61 Å². The molecule has 0 atom stereocenters.